The monoisotopic (exact) mass is 242 g/mol. The van der Waals surface area contributed by atoms with Crippen LogP contribution in [0.4, 0.5) is 0 Å². The van der Waals surface area contributed by atoms with E-state index >= 15 is 0 Å². The standard InChI is InChI=1S/C9H14N4O2S/c1-6-7(16-5-13-6)3-11-9(15)4-12-8(14)2-10/h5H,2-4,10H2,1H3,(H,11,15)(H,12,14). The van der Waals surface area contributed by atoms with Gasteiger partial charge in [0.15, 0.2) is 0 Å². The molecule has 16 heavy (non-hydrogen) atoms. The molecule has 0 aliphatic heterocycles. The normalized spacial score (nSPS) is 9.88. The Morgan fingerprint density at radius 2 is 2.19 bits per heavy atom. The van der Waals surface area contributed by atoms with Crippen molar-refractivity contribution in [3.63, 3.8) is 0 Å². The van der Waals surface area contributed by atoms with E-state index in [0.29, 0.717) is 6.54 Å². The van der Waals surface area contributed by atoms with Gasteiger partial charge in [0.05, 0.1) is 30.8 Å². The molecule has 0 aliphatic rings. The number of aromatic nitrogens is 1. The summed E-state index contributed by atoms with van der Waals surface area (Å²) in [5, 5.41) is 5.07. The minimum Gasteiger partial charge on any atom is -0.350 e. The van der Waals surface area contributed by atoms with E-state index in [2.05, 4.69) is 15.6 Å². The molecule has 0 radical (unpaired) electrons. The molecule has 1 aromatic rings. The highest BCUT2D eigenvalue weighted by atomic mass is 32.1. The van der Waals surface area contributed by atoms with Gasteiger partial charge in [0.1, 0.15) is 0 Å². The summed E-state index contributed by atoms with van der Waals surface area (Å²) in [7, 11) is 0. The number of hydrogen-bond acceptors (Lipinski definition) is 5. The van der Waals surface area contributed by atoms with Gasteiger partial charge in [0.2, 0.25) is 11.8 Å². The number of hydrogen-bond donors (Lipinski definition) is 3. The van der Waals surface area contributed by atoms with E-state index in [1.807, 2.05) is 6.92 Å². The third-order valence-corrected chi connectivity index (χ3v) is 2.86. The van der Waals surface area contributed by atoms with Crippen LogP contribution in [0.2, 0.25) is 0 Å². The summed E-state index contributed by atoms with van der Waals surface area (Å²) < 4.78 is 0. The van der Waals surface area contributed by atoms with E-state index in [9.17, 15) is 9.59 Å². The lowest BCUT2D eigenvalue weighted by Gasteiger charge is -2.05. The fourth-order valence-electron chi connectivity index (χ4n) is 0.988. The molecule has 1 rings (SSSR count). The Hall–Kier alpha value is -1.47. The van der Waals surface area contributed by atoms with Crippen molar-refractivity contribution in [2.75, 3.05) is 13.1 Å². The summed E-state index contributed by atoms with van der Waals surface area (Å²) >= 11 is 1.49. The van der Waals surface area contributed by atoms with Crippen molar-refractivity contribution in [1.29, 1.82) is 0 Å². The molecule has 0 aromatic carbocycles. The minimum absolute atomic E-state index is 0.0477. The lowest BCUT2D eigenvalue weighted by molar-refractivity contribution is -0.125. The molecule has 0 aliphatic carbocycles. The van der Waals surface area contributed by atoms with Crippen molar-refractivity contribution in [1.82, 2.24) is 15.6 Å². The topological polar surface area (TPSA) is 97.1 Å². The zero-order chi connectivity index (χ0) is 12.0. The summed E-state index contributed by atoms with van der Waals surface area (Å²) in [6.45, 7) is 2.16. The molecule has 0 atom stereocenters. The Morgan fingerprint density at radius 3 is 2.75 bits per heavy atom. The molecule has 2 amide bonds. The van der Waals surface area contributed by atoms with Gasteiger partial charge >= 0.3 is 0 Å². The molecule has 7 heteroatoms. The Bertz CT molecular complexity index is 377. The number of carbonyl (C=O) groups is 2. The van der Waals surface area contributed by atoms with E-state index in [4.69, 9.17) is 5.73 Å². The number of nitrogens with zero attached hydrogens (tertiary/aromatic N) is 1. The second-order valence-corrected chi connectivity index (χ2v) is 4.06. The maximum Gasteiger partial charge on any atom is 0.239 e. The Labute approximate surface area is 97.2 Å². The molecule has 88 valence electrons. The van der Waals surface area contributed by atoms with Crippen LogP contribution in [-0.4, -0.2) is 29.9 Å². The molecule has 0 bridgehead atoms. The van der Waals surface area contributed by atoms with Gasteiger partial charge in [-0.2, -0.15) is 0 Å². The van der Waals surface area contributed by atoms with Gasteiger partial charge in [-0.15, -0.1) is 11.3 Å². The van der Waals surface area contributed by atoms with Crippen LogP contribution in [0.5, 0.6) is 0 Å². The first-order valence-corrected chi connectivity index (χ1v) is 5.64. The zero-order valence-electron chi connectivity index (χ0n) is 8.95. The van der Waals surface area contributed by atoms with Crippen molar-refractivity contribution in [3.8, 4) is 0 Å². The molecular weight excluding hydrogens is 228 g/mol. The van der Waals surface area contributed by atoms with Crippen LogP contribution in [0.1, 0.15) is 10.6 Å². The van der Waals surface area contributed by atoms with Crippen LogP contribution in [0, 0.1) is 6.92 Å². The molecule has 4 N–H and O–H groups in total. The predicted molar refractivity (Wildman–Crippen MR) is 60.8 cm³/mol. The first kappa shape index (κ1) is 12.6. The fraction of sp³-hybridized carbons (Fsp3) is 0.444. The molecule has 6 nitrogen and oxygen atoms in total. The number of aryl methyl sites for hydroxylation is 1. The largest absolute Gasteiger partial charge is 0.350 e. The van der Waals surface area contributed by atoms with Gasteiger partial charge in [0.25, 0.3) is 0 Å². The van der Waals surface area contributed by atoms with Crippen LogP contribution >= 0.6 is 11.3 Å². The minimum atomic E-state index is -0.343. The highest BCUT2D eigenvalue weighted by molar-refractivity contribution is 7.09. The van der Waals surface area contributed by atoms with Crippen molar-refractivity contribution in [3.05, 3.63) is 16.1 Å². The molecule has 0 unspecified atom stereocenters. The summed E-state index contributed by atoms with van der Waals surface area (Å²) in [6.07, 6.45) is 0. The van der Waals surface area contributed by atoms with Gasteiger partial charge in [-0.25, -0.2) is 4.98 Å². The number of nitrogens with two attached hydrogens (primary N) is 1. The van der Waals surface area contributed by atoms with Crippen LogP contribution in [0.25, 0.3) is 0 Å². The molecular formula is C9H14N4O2S. The maximum atomic E-state index is 11.3. The summed E-state index contributed by atoms with van der Waals surface area (Å²) in [6, 6.07) is 0. The Balaban J connectivity index is 2.25. The first-order chi connectivity index (χ1) is 7.63. The molecule has 1 aromatic heterocycles. The number of carbonyl (C=O) groups excluding carboxylic acids is 2. The van der Waals surface area contributed by atoms with Gasteiger partial charge < -0.3 is 16.4 Å². The van der Waals surface area contributed by atoms with Crippen molar-refractivity contribution in [2.45, 2.75) is 13.5 Å². The third kappa shape index (κ3) is 3.95. The predicted octanol–water partition coefficient (Wildman–Crippen LogP) is -0.857. The van der Waals surface area contributed by atoms with E-state index in [1.165, 1.54) is 11.3 Å². The average Bonchev–Trinajstić information content (AvgIpc) is 2.69. The lowest BCUT2D eigenvalue weighted by atomic mass is 10.4. The van der Waals surface area contributed by atoms with Crippen molar-refractivity contribution < 1.29 is 9.59 Å². The third-order valence-electron chi connectivity index (χ3n) is 1.92. The van der Waals surface area contributed by atoms with Crippen LogP contribution in [0.15, 0.2) is 5.51 Å². The molecule has 1 heterocycles. The highest BCUT2D eigenvalue weighted by Gasteiger charge is 2.05. The van der Waals surface area contributed by atoms with Crippen LogP contribution < -0.4 is 16.4 Å². The maximum absolute atomic E-state index is 11.3. The van der Waals surface area contributed by atoms with Gasteiger partial charge in [-0.1, -0.05) is 0 Å². The van der Waals surface area contributed by atoms with Crippen molar-refractivity contribution >= 4 is 23.2 Å². The lowest BCUT2D eigenvalue weighted by Crippen LogP contribution is -2.39. The average molecular weight is 242 g/mol. The van der Waals surface area contributed by atoms with E-state index < -0.39 is 0 Å². The van der Waals surface area contributed by atoms with E-state index in [-0.39, 0.29) is 24.9 Å². The summed E-state index contributed by atoms with van der Waals surface area (Å²) in [5.41, 5.74) is 7.72. The smallest absolute Gasteiger partial charge is 0.239 e. The van der Waals surface area contributed by atoms with Gasteiger partial charge in [-0.3, -0.25) is 9.59 Å². The quantitative estimate of drug-likeness (QED) is 0.626. The molecule has 0 spiro atoms. The number of thiazole rings is 1. The van der Waals surface area contributed by atoms with Gasteiger partial charge in [-0.05, 0) is 6.92 Å². The zero-order valence-corrected chi connectivity index (χ0v) is 9.76. The van der Waals surface area contributed by atoms with Gasteiger partial charge in [0, 0.05) is 4.88 Å². The summed E-state index contributed by atoms with van der Waals surface area (Å²) in [4.78, 5) is 27.1. The number of rotatable bonds is 5. The highest BCUT2D eigenvalue weighted by Crippen LogP contribution is 2.10. The van der Waals surface area contributed by atoms with E-state index in [0.717, 1.165) is 10.6 Å². The van der Waals surface area contributed by atoms with Crippen LogP contribution in [-0.2, 0) is 16.1 Å². The number of amides is 2. The Morgan fingerprint density at radius 1 is 1.44 bits per heavy atom. The first-order valence-electron chi connectivity index (χ1n) is 4.76. The van der Waals surface area contributed by atoms with E-state index in [1.54, 1.807) is 5.51 Å². The molecule has 0 saturated heterocycles. The van der Waals surface area contributed by atoms with Crippen LogP contribution in [0.3, 0.4) is 0 Å². The van der Waals surface area contributed by atoms with Crippen molar-refractivity contribution in [2.24, 2.45) is 5.73 Å². The molecule has 0 fully saturated rings. The second kappa shape index (κ2) is 6.19. The fourth-order valence-corrected chi connectivity index (χ4v) is 1.71. The summed E-state index contributed by atoms with van der Waals surface area (Å²) in [5.74, 6) is -0.585. The Kier molecular flexibility index (Phi) is 4.87. The molecule has 0 saturated carbocycles. The second-order valence-electron chi connectivity index (χ2n) is 3.12. The SMILES string of the molecule is Cc1ncsc1CNC(=O)CNC(=O)CN. The number of nitrogens with one attached hydrogen (secondary N) is 2.